The number of hydrogen-bond acceptors (Lipinski definition) is 2. The maximum absolute atomic E-state index is 9.69. The third kappa shape index (κ3) is 2.80. The zero-order valence-corrected chi connectivity index (χ0v) is 14.7. The van der Waals surface area contributed by atoms with Crippen LogP contribution in [-0.4, -0.2) is 14.5 Å². The largest absolute Gasteiger partial charge is 0.337 e. The Hall–Kier alpha value is -3.58. The van der Waals surface area contributed by atoms with Crippen LogP contribution in [0.3, 0.4) is 0 Å². The molecule has 2 aromatic heterocycles. The first kappa shape index (κ1) is 15.9. The lowest BCUT2D eigenvalue weighted by molar-refractivity contribution is 1.04. The van der Waals surface area contributed by atoms with Gasteiger partial charge in [0.25, 0.3) is 0 Å². The molecule has 0 bridgehead atoms. The molecule has 4 rings (SSSR count). The van der Waals surface area contributed by atoms with Crippen molar-refractivity contribution in [2.75, 3.05) is 0 Å². The Morgan fingerprint density at radius 3 is 2.77 bits per heavy atom. The number of nitriles is 1. The van der Waals surface area contributed by atoms with Crippen LogP contribution in [0.15, 0.2) is 60.8 Å². The van der Waals surface area contributed by atoms with Gasteiger partial charge in [0.15, 0.2) is 0 Å². The van der Waals surface area contributed by atoms with E-state index in [4.69, 9.17) is 0 Å². The fraction of sp³-hybridized carbons (Fsp3) is 0.0909. The minimum Gasteiger partial charge on any atom is -0.337 e. The molecule has 2 heterocycles. The van der Waals surface area contributed by atoms with Gasteiger partial charge >= 0.3 is 0 Å². The van der Waals surface area contributed by atoms with E-state index in [0.29, 0.717) is 11.4 Å². The van der Waals surface area contributed by atoms with Crippen molar-refractivity contribution in [3.63, 3.8) is 0 Å². The van der Waals surface area contributed by atoms with E-state index in [1.165, 1.54) is 5.56 Å². The summed E-state index contributed by atoms with van der Waals surface area (Å²) in [4.78, 5) is 7.83. The third-order valence-corrected chi connectivity index (χ3v) is 4.46. The van der Waals surface area contributed by atoms with Gasteiger partial charge in [-0.25, -0.2) is 4.98 Å². The average Bonchev–Trinajstić information content (AvgIpc) is 3.26. The van der Waals surface area contributed by atoms with E-state index in [-0.39, 0.29) is 0 Å². The third-order valence-electron chi connectivity index (χ3n) is 4.46. The van der Waals surface area contributed by atoms with Crippen molar-refractivity contribution < 1.29 is 0 Å². The van der Waals surface area contributed by atoms with E-state index >= 15 is 0 Å². The topological polar surface area (TPSA) is 57.4 Å². The molecule has 0 atom stereocenters. The first-order chi connectivity index (χ1) is 12.7. The Morgan fingerprint density at radius 1 is 1.12 bits per heavy atom. The lowest BCUT2D eigenvalue weighted by Gasteiger charge is -2.10. The molecule has 0 saturated heterocycles. The van der Waals surface area contributed by atoms with Crippen LogP contribution in [0.25, 0.3) is 28.4 Å². The summed E-state index contributed by atoms with van der Waals surface area (Å²) >= 11 is 0. The highest BCUT2D eigenvalue weighted by atomic mass is 15.0. The van der Waals surface area contributed by atoms with Crippen molar-refractivity contribution in [1.29, 1.82) is 5.26 Å². The van der Waals surface area contributed by atoms with Crippen molar-refractivity contribution in [1.82, 2.24) is 14.5 Å². The molecule has 1 N–H and O–H groups in total. The summed E-state index contributed by atoms with van der Waals surface area (Å²) in [5, 5.41) is 9.69. The van der Waals surface area contributed by atoms with Gasteiger partial charge in [-0.05, 0) is 61.4 Å². The quantitative estimate of drug-likeness (QED) is 0.532. The summed E-state index contributed by atoms with van der Waals surface area (Å²) < 4.78 is 2.08. The molecule has 126 valence electrons. The average molecular weight is 338 g/mol. The van der Waals surface area contributed by atoms with Crippen molar-refractivity contribution in [2.24, 2.45) is 0 Å². The maximum Gasteiger partial charge on any atom is 0.149 e. The number of nitrogens with zero attached hydrogens (tertiary/aromatic N) is 3. The lowest BCUT2D eigenvalue weighted by atomic mass is 10.2. The molecule has 0 unspecified atom stereocenters. The number of fused-ring (bicyclic) bond motifs is 1. The summed E-state index contributed by atoms with van der Waals surface area (Å²) in [6, 6.07) is 20.5. The molecule has 2 aromatic carbocycles. The monoisotopic (exact) mass is 338 g/mol. The summed E-state index contributed by atoms with van der Waals surface area (Å²) in [5.74, 6) is 0.589. The number of para-hydroxylation sites is 1. The smallest absolute Gasteiger partial charge is 0.149 e. The number of rotatable bonds is 3. The predicted octanol–water partition coefficient (Wildman–Crippen LogP) is 5.03. The second-order valence-corrected chi connectivity index (χ2v) is 6.37. The molecule has 0 radical (unpaired) electrons. The summed E-state index contributed by atoms with van der Waals surface area (Å²) in [6.45, 7) is 4.12. The van der Waals surface area contributed by atoms with Crippen LogP contribution < -0.4 is 0 Å². The fourth-order valence-electron chi connectivity index (χ4n) is 3.12. The molecular weight excluding hydrogens is 320 g/mol. The van der Waals surface area contributed by atoms with Crippen molar-refractivity contribution in [2.45, 2.75) is 13.8 Å². The van der Waals surface area contributed by atoms with E-state index in [2.05, 4.69) is 39.7 Å². The van der Waals surface area contributed by atoms with Crippen molar-refractivity contribution in [3.05, 3.63) is 83.4 Å². The van der Waals surface area contributed by atoms with Gasteiger partial charge in [-0.15, -0.1) is 0 Å². The van der Waals surface area contributed by atoms with E-state index < -0.39 is 0 Å². The van der Waals surface area contributed by atoms with E-state index in [1.807, 2.05) is 61.7 Å². The number of allylic oxidation sites excluding steroid dienone is 1. The van der Waals surface area contributed by atoms with Crippen LogP contribution in [0, 0.1) is 25.2 Å². The van der Waals surface area contributed by atoms with Gasteiger partial charge in [0.2, 0.25) is 0 Å². The van der Waals surface area contributed by atoms with Crippen LogP contribution in [0.1, 0.15) is 22.6 Å². The number of imidazole rings is 1. The molecular formula is C22H18N4. The SMILES string of the molecule is Cc1ccc2nc(C(C#N)=Cc3cccn3-c3ccccc3C)[nH]c2c1. The van der Waals surface area contributed by atoms with Gasteiger partial charge in [-0.2, -0.15) is 5.26 Å². The van der Waals surface area contributed by atoms with Crippen LogP contribution in [0.5, 0.6) is 0 Å². The van der Waals surface area contributed by atoms with Gasteiger partial charge in [0.1, 0.15) is 11.9 Å². The highest BCUT2D eigenvalue weighted by Gasteiger charge is 2.10. The highest BCUT2D eigenvalue weighted by molar-refractivity contribution is 5.90. The van der Waals surface area contributed by atoms with Crippen LogP contribution >= 0.6 is 0 Å². The molecule has 0 spiro atoms. The Bertz CT molecular complexity index is 1170. The van der Waals surface area contributed by atoms with Crippen LogP contribution in [-0.2, 0) is 0 Å². The van der Waals surface area contributed by atoms with E-state index in [0.717, 1.165) is 28.0 Å². The zero-order chi connectivity index (χ0) is 18.1. The van der Waals surface area contributed by atoms with Crippen LogP contribution in [0.2, 0.25) is 0 Å². The van der Waals surface area contributed by atoms with E-state index in [1.54, 1.807) is 0 Å². The maximum atomic E-state index is 9.69. The van der Waals surface area contributed by atoms with E-state index in [9.17, 15) is 5.26 Å². The number of hydrogen-bond donors (Lipinski definition) is 1. The molecule has 4 heteroatoms. The summed E-state index contributed by atoms with van der Waals surface area (Å²) in [7, 11) is 0. The summed E-state index contributed by atoms with van der Waals surface area (Å²) in [6.07, 6.45) is 3.88. The molecule has 0 fully saturated rings. The zero-order valence-electron chi connectivity index (χ0n) is 14.7. The molecule has 4 aromatic rings. The number of aryl methyl sites for hydroxylation is 2. The van der Waals surface area contributed by atoms with Gasteiger partial charge in [-0.1, -0.05) is 24.3 Å². The Kier molecular flexibility index (Phi) is 3.91. The Labute approximate surface area is 152 Å². The first-order valence-corrected chi connectivity index (χ1v) is 8.47. The number of nitrogens with one attached hydrogen (secondary N) is 1. The normalized spacial score (nSPS) is 11.7. The Morgan fingerprint density at radius 2 is 1.96 bits per heavy atom. The predicted molar refractivity (Wildman–Crippen MR) is 105 cm³/mol. The number of aromatic nitrogens is 3. The molecule has 0 aliphatic carbocycles. The van der Waals surface area contributed by atoms with Gasteiger partial charge in [-0.3, -0.25) is 0 Å². The van der Waals surface area contributed by atoms with Gasteiger partial charge < -0.3 is 9.55 Å². The lowest BCUT2D eigenvalue weighted by Crippen LogP contribution is -1.98. The van der Waals surface area contributed by atoms with Gasteiger partial charge in [0.05, 0.1) is 16.6 Å². The Balaban J connectivity index is 1.81. The highest BCUT2D eigenvalue weighted by Crippen LogP contribution is 2.23. The van der Waals surface area contributed by atoms with Crippen molar-refractivity contribution >= 4 is 22.7 Å². The molecule has 0 amide bonds. The number of benzene rings is 2. The number of H-pyrrole nitrogens is 1. The van der Waals surface area contributed by atoms with Crippen molar-refractivity contribution in [3.8, 4) is 11.8 Å². The second-order valence-electron chi connectivity index (χ2n) is 6.37. The molecule has 4 nitrogen and oxygen atoms in total. The fourth-order valence-corrected chi connectivity index (χ4v) is 3.12. The second kappa shape index (κ2) is 6.38. The minimum atomic E-state index is 0.507. The minimum absolute atomic E-state index is 0.507. The molecule has 26 heavy (non-hydrogen) atoms. The number of aromatic amines is 1. The first-order valence-electron chi connectivity index (χ1n) is 8.47. The molecule has 0 aliphatic heterocycles. The van der Waals surface area contributed by atoms with Gasteiger partial charge in [0, 0.05) is 17.6 Å². The molecule has 0 saturated carbocycles. The summed E-state index contributed by atoms with van der Waals surface area (Å²) in [5.41, 5.74) is 6.68. The molecule has 0 aliphatic rings. The standard InChI is InChI=1S/C22H18N4/c1-15-9-10-19-20(12-15)25-22(24-19)17(14-23)13-18-7-5-11-26(18)21-8-4-3-6-16(21)2/h3-13H,1-2H3,(H,24,25). The van der Waals surface area contributed by atoms with Crippen LogP contribution in [0.4, 0.5) is 0 Å².